The first-order valence-electron chi connectivity index (χ1n) is 14.0. The molecule has 0 N–H and O–H groups in total. The Hall–Kier alpha value is -5.34. The summed E-state index contributed by atoms with van der Waals surface area (Å²) in [6.45, 7) is 2.14. The van der Waals surface area contributed by atoms with Crippen molar-refractivity contribution in [2.45, 2.75) is 6.92 Å². The lowest BCUT2D eigenvalue weighted by Crippen LogP contribution is -2.10. The lowest BCUT2D eigenvalue weighted by Gasteiger charge is -2.27. The van der Waals surface area contributed by atoms with Crippen molar-refractivity contribution >= 4 is 60.3 Å². The minimum Gasteiger partial charge on any atom is -0.456 e. The van der Waals surface area contributed by atoms with Crippen LogP contribution in [0.25, 0.3) is 54.6 Å². The van der Waals surface area contributed by atoms with Crippen LogP contribution >= 0.6 is 0 Å². The van der Waals surface area contributed by atoms with Crippen LogP contribution in [0.15, 0.2) is 150 Å². The van der Waals surface area contributed by atoms with Crippen LogP contribution in [-0.4, -0.2) is 0 Å². The molecule has 1 aromatic heterocycles. The third-order valence-electron chi connectivity index (χ3n) is 8.20. The highest BCUT2D eigenvalue weighted by Gasteiger charge is 2.18. The largest absolute Gasteiger partial charge is 0.456 e. The summed E-state index contributed by atoms with van der Waals surface area (Å²) < 4.78 is 6.38. The number of anilines is 3. The average molecular weight is 526 g/mol. The van der Waals surface area contributed by atoms with Gasteiger partial charge in [-0.05, 0) is 70.3 Å². The van der Waals surface area contributed by atoms with E-state index in [-0.39, 0.29) is 0 Å². The summed E-state index contributed by atoms with van der Waals surface area (Å²) in [5, 5.41) is 8.58. The molecule has 2 nitrogen and oxygen atoms in total. The third-order valence-corrected chi connectivity index (χ3v) is 8.20. The fraction of sp³-hybridized carbons (Fsp3) is 0.0256. The Balaban J connectivity index is 1.36. The molecule has 2 heteroatoms. The first-order chi connectivity index (χ1) is 20.2. The molecule has 0 aliphatic carbocycles. The number of furan rings is 1. The molecule has 0 fully saturated rings. The van der Waals surface area contributed by atoms with E-state index in [1.54, 1.807) is 0 Å². The van der Waals surface area contributed by atoms with Gasteiger partial charge in [-0.25, -0.2) is 0 Å². The molecule has 1 heterocycles. The summed E-state index contributed by atoms with van der Waals surface area (Å²) in [4.78, 5) is 2.37. The van der Waals surface area contributed by atoms with Crippen molar-refractivity contribution in [3.8, 4) is 11.3 Å². The van der Waals surface area contributed by atoms with E-state index in [1.165, 1.54) is 32.3 Å². The fourth-order valence-electron chi connectivity index (χ4n) is 6.21. The standard InChI is InChI=1S/C39H27NO/c1-26-33-15-6-7-19-38(33)41-39(26)30-13-8-14-31(25-30)40(37-18-9-12-27-10-3-5-17-36(27)37)32-22-23-35-29(24-32)21-20-28-11-2-4-16-34(28)35/h2-25H,1H3. The number of aryl methyl sites for hydroxylation is 1. The second kappa shape index (κ2) is 9.39. The number of hydrogen-bond donors (Lipinski definition) is 0. The molecule has 0 saturated carbocycles. The Morgan fingerprint density at radius 1 is 0.463 bits per heavy atom. The maximum absolute atomic E-state index is 6.38. The van der Waals surface area contributed by atoms with Gasteiger partial charge in [0.25, 0.3) is 0 Å². The molecule has 0 bridgehead atoms. The van der Waals surface area contributed by atoms with Crippen LogP contribution in [0.2, 0.25) is 0 Å². The van der Waals surface area contributed by atoms with Gasteiger partial charge < -0.3 is 9.32 Å². The van der Waals surface area contributed by atoms with Crippen LogP contribution in [0.4, 0.5) is 17.1 Å². The molecule has 0 aliphatic rings. The lowest BCUT2D eigenvalue weighted by molar-refractivity contribution is 0.629. The van der Waals surface area contributed by atoms with Gasteiger partial charge in [-0.2, -0.15) is 0 Å². The Morgan fingerprint density at radius 2 is 1.10 bits per heavy atom. The predicted molar refractivity (Wildman–Crippen MR) is 174 cm³/mol. The fourth-order valence-corrected chi connectivity index (χ4v) is 6.21. The summed E-state index contributed by atoms with van der Waals surface area (Å²) in [7, 11) is 0. The molecule has 0 unspecified atom stereocenters. The number of benzene rings is 7. The predicted octanol–water partition coefficient (Wildman–Crippen LogP) is 11.3. The molecule has 7 aromatic carbocycles. The molecule has 0 amide bonds. The zero-order valence-corrected chi connectivity index (χ0v) is 22.7. The Kier molecular flexibility index (Phi) is 5.39. The van der Waals surface area contributed by atoms with Crippen molar-refractivity contribution in [3.05, 3.63) is 151 Å². The first kappa shape index (κ1) is 23.5. The van der Waals surface area contributed by atoms with E-state index in [0.717, 1.165) is 44.9 Å². The van der Waals surface area contributed by atoms with Crippen molar-refractivity contribution in [2.24, 2.45) is 0 Å². The van der Waals surface area contributed by atoms with Crippen molar-refractivity contribution in [1.82, 2.24) is 0 Å². The minimum atomic E-state index is 0.913. The second-order valence-corrected chi connectivity index (χ2v) is 10.6. The van der Waals surface area contributed by atoms with Gasteiger partial charge in [0.15, 0.2) is 0 Å². The second-order valence-electron chi connectivity index (χ2n) is 10.6. The SMILES string of the molecule is Cc1c(-c2cccc(N(c3ccc4c(ccc5ccccc54)c3)c3cccc4ccccc34)c2)oc2ccccc12. The van der Waals surface area contributed by atoms with Crippen molar-refractivity contribution in [2.75, 3.05) is 4.90 Å². The minimum absolute atomic E-state index is 0.913. The lowest BCUT2D eigenvalue weighted by atomic mass is 10.00. The zero-order valence-electron chi connectivity index (χ0n) is 22.7. The first-order valence-corrected chi connectivity index (χ1v) is 14.0. The summed E-state index contributed by atoms with van der Waals surface area (Å²) in [6.07, 6.45) is 0. The number of nitrogens with zero attached hydrogens (tertiary/aromatic N) is 1. The molecular weight excluding hydrogens is 498 g/mol. The van der Waals surface area contributed by atoms with Crippen LogP contribution in [0.1, 0.15) is 5.56 Å². The summed E-state index contributed by atoms with van der Waals surface area (Å²) in [5.41, 5.74) is 6.47. The van der Waals surface area contributed by atoms with Gasteiger partial charge in [0.2, 0.25) is 0 Å². The molecule has 0 radical (unpaired) electrons. The maximum atomic E-state index is 6.38. The monoisotopic (exact) mass is 525 g/mol. The van der Waals surface area contributed by atoms with Gasteiger partial charge in [0.05, 0.1) is 5.69 Å². The highest BCUT2D eigenvalue weighted by atomic mass is 16.3. The topological polar surface area (TPSA) is 16.4 Å². The third kappa shape index (κ3) is 3.88. The van der Waals surface area contributed by atoms with Gasteiger partial charge in [-0.1, -0.05) is 109 Å². The van der Waals surface area contributed by atoms with E-state index >= 15 is 0 Å². The van der Waals surface area contributed by atoms with Crippen LogP contribution in [0.3, 0.4) is 0 Å². The van der Waals surface area contributed by atoms with E-state index in [2.05, 4.69) is 145 Å². The highest BCUT2D eigenvalue weighted by Crippen LogP contribution is 2.42. The Bertz CT molecular complexity index is 2230. The van der Waals surface area contributed by atoms with Crippen LogP contribution in [0, 0.1) is 6.92 Å². The number of fused-ring (bicyclic) bond motifs is 5. The molecule has 8 aromatic rings. The average Bonchev–Trinajstić information content (AvgIpc) is 3.37. The molecule has 194 valence electrons. The smallest absolute Gasteiger partial charge is 0.138 e. The normalized spacial score (nSPS) is 11.5. The van der Waals surface area contributed by atoms with Crippen LogP contribution in [-0.2, 0) is 0 Å². The molecule has 41 heavy (non-hydrogen) atoms. The van der Waals surface area contributed by atoms with E-state index in [9.17, 15) is 0 Å². The van der Waals surface area contributed by atoms with Gasteiger partial charge in [0.1, 0.15) is 11.3 Å². The molecule has 0 saturated heterocycles. The number of hydrogen-bond acceptors (Lipinski definition) is 2. The van der Waals surface area contributed by atoms with Gasteiger partial charge in [-0.15, -0.1) is 0 Å². The number of rotatable bonds is 4. The Morgan fingerprint density at radius 3 is 1.95 bits per heavy atom. The van der Waals surface area contributed by atoms with E-state index in [0.29, 0.717) is 0 Å². The molecule has 0 atom stereocenters. The Labute approximate surface area is 238 Å². The summed E-state index contributed by atoms with van der Waals surface area (Å²) in [5.74, 6) is 0.913. The van der Waals surface area contributed by atoms with Crippen LogP contribution in [0.5, 0.6) is 0 Å². The number of para-hydroxylation sites is 1. The van der Waals surface area contributed by atoms with Gasteiger partial charge in [0, 0.05) is 33.3 Å². The molecular formula is C39H27NO. The highest BCUT2D eigenvalue weighted by molar-refractivity contribution is 6.09. The molecule has 0 spiro atoms. The quantitative estimate of drug-likeness (QED) is 0.212. The van der Waals surface area contributed by atoms with Crippen molar-refractivity contribution in [3.63, 3.8) is 0 Å². The van der Waals surface area contributed by atoms with Gasteiger partial charge >= 0.3 is 0 Å². The van der Waals surface area contributed by atoms with Crippen LogP contribution < -0.4 is 4.90 Å². The van der Waals surface area contributed by atoms with E-state index < -0.39 is 0 Å². The zero-order chi connectivity index (χ0) is 27.3. The summed E-state index contributed by atoms with van der Waals surface area (Å²) >= 11 is 0. The van der Waals surface area contributed by atoms with Gasteiger partial charge in [-0.3, -0.25) is 0 Å². The van der Waals surface area contributed by atoms with E-state index in [4.69, 9.17) is 4.42 Å². The van der Waals surface area contributed by atoms with E-state index in [1.807, 2.05) is 12.1 Å². The summed E-state index contributed by atoms with van der Waals surface area (Å²) in [6, 6.07) is 52.0. The molecule has 8 rings (SSSR count). The molecule has 0 aliphatic heterocycles. The van der Waals surface area contributed by atoms with Crippen molar-refractivity contribution in [1.29, 1.82) is 0 Å². The van der Waals surface area contributed by atoms with Crippen molar-refractivity contribution < 1.29 is 4.42 Å². The maximum Gasteiger partial charge on any atom is 0.138 e.